The average Bonchev–Trinajstić information content (AvgIpc) is 2.34. The number of carboxylic acids is 1. The molecule has 0 bridgehead atoms. The van der Waals surface area contributed by atoms with Crippen molar-refractivity contribution in [2.24, 2.45) is 5.92 Å². The van der Waals surface area contributed by atoms with E-state index in [2.05, 4.69) is 5.32 Å². The van der Waals surface area contributed by atoms with Gasteiger partial charge >= 0.3 is 5.97 Å². The fraction of sp³-hybridized carbons (Fsp3) is 0.786. The van der Waals surface area contributed by atoms with Crippen LogP contribution in [0.2, 0.25) is 0 Å². The molecule has 7 nitrogen and oxygen atoms in total. The molecule has 122 valence electrons. The maximum absolute atomic E-state index is 12.0. The number of carbonyl (C=O) groups excluding carboxylic acids is 2. The molecule has 2 N–H and O–H groups in total. The highest BCUT2D eigenvalue weighted by molar-refractivity contribution is 5.85. The standard InChI is InChI=1S/C14H27N3O4/c1-5-6-15-12(18)8-16(4)13(19)9-17(7-11(2)3)10-14(20)21/h11H,5-10H2,1-4H3,(H,15,18)(H,20,21). The van der Waals surface area contributed by atoms with Gasteiger partial charge in [-0.3, -0.25) is 19.3 Å². The van der Waals surface area contributed by atoms with Crippen molar-refractivity contribution in [2.75, 3.05) is 39.8 Å². The van der Waals surface area contributed by atoms with Crippen LogP contribution in [0.5, 0.6) is 0 Å². The SMILES string of the molecule is CCCNC(=O)CN(C)C(=O)CN(CC(=O)O)CC(C)C. The predicted octanol–water partition coefficient (Wildman–Crippen LogP) is 0.0136. The van der Waals surface area contributed by atoms with Crippen molar-refractivity contribution in [2.45, 2.75) is 27.2 Å². The van der Waals surface area contributed by atoms with Gasteiger partial charge in [-0.1, -0.05) is 20.8 Å². The maximum Gasteiger partial charge on any atom is 0.317 e. The van der Waals surface area contributed by atoms with Crippen molar-refractivity contribution in [3.05, 3.63) is 0 Å². The molecular formula is C14H27N3O4. The first-order chi connectivity index (χ1) is 9.76. The van der Waals surface area contributed by atoms with Gasteiger partial charge in [0, 0.05) is 20.1 Å². The molecule has 0 aromatic heterocycles. The first kappa shape index (κ1) is 19.4. The lowest BCUT2D eigenvalue weighted by Crippen LogP contribution is -2.45. The molecule has 0 fully saturated rings. The number of nitrogens with one attached hydrogen (secondary N) is 1. The van der Waals surface area contributed by atoms with Crippen molar-refractivity contribution in [3.63, 3.8) is 0 Å². The number of amides is 2. The monoisotopic (exact) mass is 301 g/mol. The number of likely N-dealkylation sites (N-methyl/N-ethyl adjacent to an activating group) is 1. The van der Waals surface area contributed by atoms with Gasteiger partial charge in [0.2, 0.25) is 11.8 Å². The van der Waals surface area contributed by atoms with E-state index in [1.54, 1.807) is 11.9 Å². The van der Waals surface area contributed by atoms with E-state index in [0.717, 1.165) is 6.42 Å². The molecule has 0 radical (unpaired) electrons. The Morgan fingerprint density at radius 1 is 1.14 bits per heavy atom. The lowest BCUT2D eigenvalue weighted by Gasteiger charge is -2.24. The summed E-state index contributed by atoms with van der Waals surface area (Å²) in [5, 5.41) is 11.6. The van der Waals surface area contributed by atoms with E-state index >= 15 is 0 Å². The lowest BCUT2D eigenvalue weighted by atomic mass is 10.2. The van der Waals surface area contributed by atoms with E-state index in [-0.39, 0.29) is 37.4 Å². The molecule has 21 heavy (non-hydrogen) atoms. The largest absolute Gasteiger partial charge is 0.480 e. The molecule has 2 amide bonds. The van der Waals surface area contributed by atoms with E-state index in [1.807, 2.05) is 20.8 Å². The van der Waals surface area contributed by atoms with Gasteiger partial charge < -0.3 is 15.3 Å². The predicted molar refractivity (Wildman–Crippen MR) is 79.9 cm³/mol. The molecule has 0 saturated heterocycles. The van der Waals surface area contributed by atoms with Crippen molar-refractivity contribution in [1.82, 2.24) is 15.1 Å². The molecule has 0 aliphatic rings. The normalized spacial score (nSPS) is 10.8. The van der Waals surface area contributed by atoms with Crippen LogP contribution in [0.1, 0.15) is 27.2 Å². The van der Waals surface area contributed by atoms with Crippen LogP contribution in [0.4, 0.5) is 0 Å². The number of carbonyl (C=O) groups is 3. The Balaban J connectivity index is 4.38. The summed E-state index contributed by atoms with van der Waals surface area (Å²) in [6.07, 6.45) is 0.837. The van der Waals surface area contributed by atoms with Crippen LogP contribution in [0.25, 0.3) is 0 Å². The van der Waals surface area contributed by atoms with Crippen molar-refractivity contribution in [3.8, 4) is 0 Å². The second-order valence-corrected chi connectivity index (χ2v) is 5.56. The maximum atomic E-state index is 12.0. The Hall–Kier alpha value is -1.63. The minimum atomic E-state index is -0.966. The number of carboxylic acid groups (broad SMARTS) is 1. The number of nitrogens with zero attached hydrogens (tertiary/aromatic N) is 2. The number of aliphatic carboxylic acids is 1. The number of hydrogen-bond donors (Lipinski definition) is 2. The van der Waals surface area contributed by atoms with Crippen molar-refractivity contribution in [1.29, 1.82) is 0 Å². The highest BCUT2D eigenvalue weighted by atomic mass is 16.4. The van der Waals surface area contributed by atoms with E-state index in [0.29, 0.717) is 13.1 Å². The first-order valence-electron chi connectivity index (χ1n) is 7.21. The highest BCUT2D eigenvalue weighted by Gasteiger charge is 2.19. The second kappa shape index (κ2) is 10.1. The molecule has 0 aliphatic heterocycles. The van der Waals surface area contributed by atoms with Gasteiger partial charge in [-0.15, -0.1) is 0 Å². The zero-order chi connectivity index (χ0) is 16.4. The van der Waals surface area contributed by atoms with Crippen LogP contribution in [0.15, 0.2) is 0 Å². The molecule has 0 unspecified atom stereocenters. The topological polar surface area (TPSA) is 90.0 Å². The molecule has 0 saturated carbocycles. The Morgan fingerprint density at radius 3 is 2.24 bits per heavy atom. The minimum absolute atomic E-state index is 0.00202. The molecule has 0 aliphatic carbocycles. The summed E-state index contributed by atoms with van der Waals surface area (Å²) in [6.45, 7) is 6.78. The fourth-order valence-electron chi connectivity index (χ4n) is 1.83. The first-order valence-corrected chi connectivity index (χ1v) is 7.21. The van der Waals surface area contributed by atoms with Gasteiger partial charge in [-0.2, -0.15) is 0 Å². The second-order valence-electron chi connectivity index (χ2n) is 5.56. The molecule has 0 heterocycles. The third-order valence-electron chi connectivity index (χ3n) is 2.72. The van der Waals surface area contributed by atoms with E-state index < -0.39 is 5.97 Å². The van der Waals surface area contributed by atoms with Crippen molar-refractivity contribution < 1.29 is 19.5 Å². The molecular weight excluding hydrogens is 274 g/mol. The Kier molecular flexibility index (Phi) is 9.36. The number of hydrogen-bond acceptors (Lipinski definition) is 4. The van der Waals surface area contributed by atoms with Gasteiger partial charge in [-0.25, -0.2) is 0 Å². The van der Waals surface area contributed by atoms with Gasteiger partial charge in [0.25, 0.3) is 0 Å². The average molecular weight is 301 g/mol. The van der Waals surface area contributed by atoms with Crippen LogP contribution in [0.3, 0.4) is 0 Å². The van der Waals surface area contributed by atoms with Crippen LogP contribution in [0, 0.1) is 5.92 Å². The Labute approximate surface area is 126 Å². The van der Waals surface area contributed by atoms with E-state index in [4.69, 9.17) is 5.11 Å². The number of rotatable bonds is 10. The third-order valence-corrected chi connectivity index (χ3v) is 2.72. The van der Waals surface area contributed by atoms with Gasteiger partial charge in [0.15, 0.2) is 0 Å². The minimum Gasteiger partial charge on any atom is -0.480 e. The molecule has 7 heteroatoms. The van der Waals surface area contributed by atoms with E-state index in [9.17, 15) is 14.4 Å². The van der Waals surface area contributed by atoms with Crippen molar-refractivity contribution >= 4 is 17.8 Å². The smallest absolute Gasteiger partial charge is 0.317 e. The zero-order valence-corrected chi connectivity index (χ0v) is 13.4. The molecule has 0 spiro atoms. The Bertz CT molecular complexity index is 358. The molecule has 0 aromatic rings. The lowest BCUT2D eigenvalue weighted by molar-refractivity contribution is -0.140. The summed E-state index contributed by atoms with van der Waals surface area (Å²) >= 11 is 0. The molecule has 0 rings (SSSR count). The van der Waals surface area contributed by atoms with Gasteiger partial charge in [-0.05, 0) is 12.3 Å². The fourth-order valence-corrected chi connectivity index (χ4v) is 1.83. The summed E-state index contributed by atoms with van der Waals surface area (Å²) in [4.78, 5) is 37.3. The summed E-state index contributed by atoms with van der Waals surface area (Å²) in [5.41, 5.74) is 0. The van der Waals surface area contributed by atoms with Gasteiger partial charge in [0.05, 0.1) is 19.6 Å². The quantitative estimate of drug-likeness (QED) is 0.593. The van der Waals surface area contributed by atoms with E-state index in [1.165, 1.54) is 4.90 Å². The third kappa shape index (κ3) is 9.84. The zero-order valence-electron chi connectivity index (χ0n) is 13.4. The van der Waals surface area contributed by atoms with Gasteiger partial charge in [0.1, 0.15) is 0 Å². The summed E-state index contributed by atoms with van der Waals surface area (Å²) < 4.78 is 0. The summed E-state index contributed by atoms with van der Waals surface area (Å²) in [5.74, 6) is -1.17. The summed E-state index contributed by atoms with van der Waals surface area (Å²) in [6, 6.07) is 0. The highest BCUT2D eigenvalue weighted by Crippen LogP contribution is 2.00. The van der Waals surface area contributed by atoms with Crippen LogP contribution in [-0.4, -0.2) is 72.5 Å². The van der Waals surface area contributed by atoms with Crippen LogP contribution >= 0.6 is 0 Å². The molecule has 0 atom stereocenters. The van der Waals surface area contributed by atoms with Crippen LogP contribution < -0.4 is 5.32 Å². The van der Waals surface area contributed by atoms with Crippen LogP contribution in [-0.2, 0) is 14.4 Å². The summed E-state index contributed by atoms with van der Waals surface area (Å²) in [7, 11) is 1.54. The molecule has 0 aromatic carbocycles. The Morgan fingerprint density at radius 2 is 1.76 bits per heavy atom.